The molecule has 0 saturated heterocycles. The van der Waals surface area contributed by atoms with Gasteiger partial charge in [-0.05, 0) is 6.42 Å². The first-order chi connectivity index (χ1) is 13.7. The molecule has 0 spiro atoms. The Morgan fingerprint density at radius 3 is 1.61 bits per heavy atom. The van der Waals surface area contributed by atoms with E-state index < -0.39 is 0 Å². The van der Waals surface area contributed by atoms with Crippen molar-refractivity contribution in [3.05, 3.63) is 16.1 Å². The molecule has 6 heteroatoms. The van der Waals surface area contributed by atoms with Gasteiger partial charge in [-0.1, -0.05) is 120 Å². The number of nitrogens with zero attached hydrogens (tertiary/aromatic N) is 3. The quantitative estimate of drug-likeness (QED) is 0.276. The fourth-order valence-electron chi connectivity index (χ4n) is 3.62. The maximum atomic E-state index is 5.89. The average molecular weight is 427 g/mol. The summed E-state index contributed by atoms with van der Waals surface area (Å²) in [7, 11) is 0. The maximum absolute atomic E-state index is 5.89. The molecule has 0 aliphatic carbocycles. The SMILES string of the molecule is CCCCCCCCCCCCCCCCCc1nc2nc(Cl)c(Cl)nc2[nH]1. The van der Waals surface area contributed by atoms with Crippen molar-refractivity contribution < 1.29 is 0 Å². The lowest BCUT2D eigenvalue weighted by molar-refractivity contribution is 0.531. The molecule has 0 atom stereocenters. The van der Waals surface area contributed by atoms with E-state index in [2.05, 4.69) is 26.9 Å². The number of aromatic nitrogens is 4. The largest absolute Gasteiger partial charge is 0.325 e. The van der Waals surface area contributed by atoms with Crippen LogP contribution in [-0.4, -0.2) is 19.9 Å². The molecule has 4 nitrogen and oxygen atoms in total. The van der Waals surface area contributed by atoms with E-state index in [9.17, 15) is 0 Å². The molecular weight excluding hydrogens is 391 g/mol. The molecule has 158 valence electrons. The first-order valence-electron chi connectivity index (χ1n) is 11.3. The van der Waals surface area contributed by atoms with Crippen molar-refractivity contribution in [2.75, 3.05) is 0 Å². The number of fused-ring (bicyclic) bond motifs is 1. The van der Waals surface area contributed by atoms with Crippen molar-refractivity contribution >= 4 is 34.5 Å². The smallest absolute Gasteiger partial charge is 0.199 e. The summed E-state index contributed by atoms with van der Waals surface area (Å²) in [5.74, 6) is 0.919. The van der Waals surface area contributed by atoms with Crippen molar-refractivity contribution in [3.8, 4) is 0 Å². The molecule has 0 aliphatic rings. The van der Waals surface area contributed by atoms with Gasteiger partial charge in [0.25, 0.3) is 0 Å². The molecule has 2 aromatic heterocycles. The van der Waals surface area contributed by atoms with Gasteiger partial charge in [-0.25, -0.2) is 15.0 Å². The predicted octanol–water partition coefficient (Wildman–Crippen LogP) is 8.07. The molecular formula is C22H36Cl2N4. The second-order valence-electron chi connectivity index (χ2n) is 7.86. The number of unbranched alkanes of at least 4 members (excludes halogenated alkanes) is 14. The average Bonchev–Trinajstić information content (AvgIpc) is 3.06. The van der Waals surface area contributed by atoms with E-state index in [1.807, 2.05) is 0 Å². The lowest BCUT2D eigenvalue weighted by Crippen LogP contribution is -1.89. The van der Waals surface area contributed by atoms with Gasteiger partial charge in [0.1, 0.15) is 5.82 Å². The van der Waals surface area contributed by atoms with E-state index in [1.54, 1.807) is 0 Å². The van der Waals surface area contributed by atoms with Gasteiger partial charge in [-0.2, -0.15) is 0 Å². The van der Waals surface area contributed by atoms with Crippen LogP contribution in [0.5, 0.6) is 0 Å². The highest BCUT2D eigenvalue weighted by atomic mass is 35.5. The molecule has 0 bridgehead atoms. The van der Waals surface area contributed by atoms with Crippen LogP contribution in [-0.2, 0) is 6.42 Å². The van der Waals surface area contributed by atoms with Crippen molar-refractivity contribution in [2.24, 2.45) is 0 Å². The minimum Gasteiger partial charge on any atom is -0.325 e. The fraction of sp³-hybridized carbons (Fsp3) is 0.773. The Kier molecular flexibility index (Phi) is 11.8. The summed E-state index contributed by atoms with van der Waals surface area (Å²) in [6.45, 7) is 2.28. The number of hydrogen-bond donors (Lipinski definition) is 1. The molecule has 0 aromatic carbocycles. The normalized spacial score (nSPS) is 11.5. The van der Waals surface area contributed by atoms with Crippen LogP contribution < -0.4 is 0 Å². The van der Waals surface area contributed by atoms with Gasteiger partial charge in [0.15, 0.2) is 21.6 Å². The van der Waals surface area contributed by atoms with Crippen LogP contribution >= 0.6 is 23.2 Å². The van der Waals surface area contributed by atoms with Gasteiger partial charge in [0, 0.05) is 6.42 Å². The van der Waals surface area contributed by atoms with E-state index in [0.29, 0.717) is 11.3 Å². The standard InChI is InChI=1S/C22H36Cl2N4/c1-2-3-4-5-6-7-8-9-10-11-12-13-14-15-16-17-18-25-21-22(26-18)28-20(24)19(23)27-21/h2-17H2,1H3,(H,25,26,27,28). The third-order valence-corrected chi connectivity index (χ3v) is 5.94. The van der Waals surface area contributed by atoms with Gasteiger partial charge in [0.05, 0.1) is 0 Å². The van der Waals surface area contributed by atoms with Gasteiger partial charge in [-0.15, -0.1) is 0 Å². The monoisotopic (exact) mass is 426 g/mol. The van der Waals surface area contributed by atoms with Crippen molar-refractivity contribution in [2.45, 2.75) is 110 Å². The Morgan fingerprint density at radius 2 is 1.07 bits per heavy atom. The zero-order valence-corrected chi connectivity index (χ0v) is 18.9. The summed E-state index contributed by atoms with van der Waals surface area (Å²) in [5.41, 5.74) is 1.16. The number of imidazole rings is 1. The molecule has 1 N–H and O–H groups in total. The summed E-state index contributed by atoms with van der Waals surface area (Å²) >= 11 is 11.8. The molecule has 2 aromatic rings. The van der Waals surface area contributed by atoms with Gasteiger partial charge < -0.3 is 4.98 Å². The van der Waals surface area contributed by atoms with E-state index >= 15 is 0 Å². The summed E-state index contributed by atoms with van der Waals surface area (Å²) in [6, 6.07) is 0. The highest BCUT2D eigenvalue weighted by Crippen LogP contribution is 2.20. The number of halogens is 2. The molecule has 0 fully saturated rings. The van der Waals surface area contributed by atoms with Crippen LogP contribution in [0.15, 0.2) is 0 Å². The minimum absolute atomic E-state index is 0.208. The van der Waals surface area contributed by atoms with E-state index in [4.69, 9.17) is 23.2 Å². The Bertz CT molecular complexity index is 633. The number of rotatable bonds is 16. The summed E-state index contributed by atoms with van der Waals surface area (Å²) < 4.78 is 0. The molecule has 0 aliphatic heterocycles. The lowest BCUT2D eigenvalue weighted by atomic mass is 10.0. The zero-order valence-electron chi connectivity index (χ0n) is 17.4. The van der Waals surface area contributed by atoms with E-state index in [1.165, 1.54) is 89.9 Å². The molecule has 0 amide bonds. The van der Waals surface area contributed by atoms with E-state index in [-0.39, 0.29) is 10.3 Å². The second kappa shape index (κ2) is 14.2. The zero-order chi connectivity index (χ0) is 20.0. The Hall–Kier alpha value is -0.870. The topological polar surface area (TPSA) is 54.5 Å². The third-order valence-electron chi connectivity index (χ3n) is 5.32. The highest BCUT2D eigenvalue weighted by Gasteiger charge is 2.09. The minimum atomic E-state index is 0.208. The number of nitrogens with one attached hydrogen (secondary N) is 1. The first kappa shape index (κ1) is 23.4. The molecule has 2 heterocycles. The number of hydrogen-bond acceptors (Lipinski definition) is 3. The van der Waals surface area contributed by atoms with Gasteiger partial charge in [-0.3, -0.25) is 0 Å². The van der Waals surface area contributed by atoms with Crippen LogP contribution in [0.4, 0.5) is 0 Å². The number of H-pyrrole nitrogens is 1. The van der Waals surface area contributed by atoms with Gasteiger partial charge in [0.2, 0.25) is 0 Å². The van der Waals surface area contributed by atoms with Crippen LogP contribution in [0.3, 0.4) is 0 Å². The lowest BCUT2D eigenvalue weighted by Gasteiger charge is -2.03. The summed E-state index contributed by atoms with van der Waals surface area (Å²) in [4.78, 5) is 15.9. The summed E-state index contributed by atoms with van der Waals surface area (Å²) in [5, 5.41) is 0.426. The Balaban J connectivity index is 1.41. The highest BCUT2D eigenvalue weighted by molar-refractivity contribution is 6.40. The molecule has 0 unspecified atom stereocenters. The van der Waals surface area contributed by atoms with Crippen molar-refractivity contribution in [3.63, 3.8) is 0 Å². The summed E-state index contributed by atoms with van der Waals surface area (Å²) in [6.07, 6.45) is 21.5. The molecule has 2 rings (SSSR count). The maximum Gasteiger partial charge on any atom is 0.199 e. The number of aryl methyl sites for hydroxylation is 1. The van der Waals surface area contributed by atoms with Crippen LogP contribution in [0.2, 0.25) is 10.3 Å². The Labute approximate surface area is 180 Å². The predicted molar refractivity (Wildman–Crippen MR) is 120 cm³/mol. The molecule has 0 radical (unpaired) electrons. The second-order valence-corrected chi connectivity index (χ2v) is 8.58. The third kappa shape index (κ3) is 9.09. The van der Waals surface area contributed by atoms with Crippen LogP contribution in [0, 0.1) is 0 Å². The van der Waals surface area contributed by atoms with Crippen molar-refractivity contribution in [1.82, 2.24) is 19.9 Å². The number of aromatic amines is 1. The fourth-order valence-corrected chi connectivity index (χ4v) is 3.87. The van der Waals surface area contributed by atoms with Crippen LogP contribution in [0.1, 0.15) is 109 Å². The van der Waals surface area contributed by atoms with Crippen LogP contribution in [0.25, 0.3) is 11.3 Å². The Morgan fingerprint density at radius 1 is 0.607 bits per heavy atom. The van der Waals surface area contributed by atoms with E-state index in [0.717, 1.165) is 18.7 Å². The first-order valence-corrected chi connectivity index (χ1v) is 12.0. The van der Waals surface area contributed by atoms with Crippen molar-refractivity contribution in [1.29, 1.82) is 0 Å². The molecule has 28 heavy (non-hydrogen) atoms. The molecule has 0 saturated carbocycles. The van der Waals surface area contributed by atoms with Gasteiger partial charge >= 0.3 is 0 Å².